The summed E-state index contributed by atoms with van der Waals surface area (Å²) in [6, 6.07) is 53.0. The first kappa shape index (κ1) is 25.6. The molecule has 1 aliphatic heterocycles. The number of hydrogen-bond donors (Lipinski definition) is 0. The number of nitrogens with zero attached hydrogens (tertiary/aromatic N) is 1. The van der Waals surface area contributed by atoms with Crippen LogP contribution in [0.25, 0.3) is 65.8 Å². The minimum absolute atomic E-state index is 0.977. The molecule has 0 spiro atoms. The first-order chi connectivity index (χ1) is 21.8. The second-order valence-electron chi connectivity index (χ2n) is 11.1. The van der Waals surface area contributed by atoms with Gasteiger partial charge in [-0.1, -0.05) is 115 Å². The normalized spacial score (nSPS) is 12.4. The van der Waals surface area contributed by atoms with E-state index in [2.05, 4.69) is 140 Å². The summed E-state index contributed by atoms with van der Waals surface area (Å²) in [7, 11) is 0. The molecule has 44 heavy (non-hydrogen) atoms. The highest BCUT2D eigenvalue weighted by molar-refractivity contribution is 8.05. The van der Waals surface area contributed by atoms with Crippen LogP contribution >= 0.6 is 23.5 Å². The maximum atomic E-state index is 4.75. The molecule has 0 aliphatic carbocycles. The summed E-state index contributed by atoms with van der Waals surface area (Å²) >= 11 is 3.74. The second kappa shape index (κ2) is 10.4. The van der Waals surface area contributed by atoms with Gasteiger partial charge in [0.05, 0.1) is 5.69 Å². The average Bonchev–Trinajstić information content (AvgIpc) is 3.10. The Hall–Kier alpha value is -4.83. The third-order valence-electron chi connectivity index (χ3n) is 8.54. The summed E-state index contributed by atoms with van der Waals surface area (Å²) in [5.74, 6) is 0. The quantitative estimate of drug-likeness (QED) is 0.189. The van der Waals surface area contributed by atoms with Gasteiger partial charge in [0.25, 0.3) is 0 Å². The van der Waals surface area contributed by atoms with Gasteiger partial charge in [0, 0.05) is 31.3 Å². The molecule has 0 fully saturated rings. The summed E-state index contributed by atoms with van der Waals surface area (Å²) in [5.41, 5.74) is 6.95. The maximum absolute atomic E-state index is 4.75. The van der Waals surface area contributed by atoms with E-state index in [4.69, 9.17) is 4.98 Å². The van der Waals surface area contributed by atoms with Crippen LogP contribution in [0.15, 0.2) is 171 Å². The van der Waals surface area contributed by atoms with Gasteiger partial charge in [0.1, 0.15) is 0 Å². The Kier molecular flexibility index (Phi) is 6.07. The van der Waals surface area contributed by atoms with Gasteiger partial charge in [-0.3, -0.25) is 4.98 Å². The molecule has 9 rings (SSSR count). The lowest BCUT2D eigenvalue weighted by molar-refractivity contribution is 1.16. The van der Waals surface area contributed by atoms with Gasteiger partial charge in [-0.05, 0) is 109 Å². The molecule has 0 atom stereocenters. The van der Waals surface area contributed by atoms with Crippen molar-refractivity contribution >= 4 is 55.8 Å². The molecule has 0 amide bonds. The summed E-state index contributed by atoms with van der Waals surface area (Å²) in [4.78, 5) is 10.0. The fourth-order valence-corrected chi connectivity index (χ4v) is 8.90. The SMILES string of the molecule is c1ccc(-c2cc(-c3ccc4c5ccccc5c5ccccc5c4c3)cc(-c3cccc4c3Sc3ccccc3S4)c2)nc1. The molecule has 2 heterocycles. The lowest BCUT2D eigenvalue weighted by Crippen LogP contribution is -1.94. The van der Waals surface area contributed by atoms with Crippen molar-refractivity contribution < 1.29 is 0 Å². The van der Waals surface area contributed by atoms with E-state index >= 15 is 0 Å². The number of fused-ring (bicyclic) bond motifs is 8. The second-order valence-corrected chi connectivity index (χ2v) is 13.3. The fourth-order valence-electron chi connectivity index (χ4n) is 6.49. The van der Waals surface area contributed by atoms with Gasteiger partial charge < -0.3 is 0 Å². The van der Waals surface area contributed by atoms with Gasteiger partial charge >= 0.3 is 0 Å². The number of rotatable bonds is 3. The van der Waals surface area contributed by atoms with Crippen LogP contribution in [-0.4, -0.2) is 4.98 Å². The van der Waals surface area contributed by atoms with Crippen LogP contribution in [0, 0.1) is 0 Å². The molecule has 0 saturated heterocycles. The van der Waals surface area contributed by atoms with E-state index < -0.39 is 0 Å². The van der Waals surface area contributed by atoms with E-state index in [9.17, 15) is 0 Å². The number of benzene rings is 7. The fraction of sp³-hybridized carbons (Fsp3) is 0. The summed E-state index contributed by atoms with van der Waals surface area (Å²) in [5, 5.41) is 7.74. The Balaban J connectivity index is 1.27. The van der Waals surface area contributed by atoms with Crippen LogP contribution in [0.2, 0.25) is 0 Å². The molecule has 1 nitrogen and oxygen atoms in total. The average molecular weight is 596 g/mol. The zero-order valence-corrected chi connectivity index (χ0v) is 25.3. The van der Waals surface area contributed by atoms with E-state index in [1.54, 1.807) is 0 Å². The zero-order chi connectivity index (χ0) is 29.0. The van der Waals surface area contributed by atoms with E-state index in [-0.39, 0.29) is 0 Å². The zero-order valence-electron chi connectivity index (χ0n) is 23.7. The van der Waals surface area contributed by atoms with E-state index in [0.29, 0.717) is 0 Å². The van der Waals surface area contributed by atoms with Crippen molar-refractivity contribution in [2.24, 2.45) is 0 Å². The van der Waals surface area contributed by atoms with Crippen LogP contribution in [0.1, 0.15) is 0 Å². The van der Waals surface area contributed by atoms with Crippen molar-refractivity contribution in [1.29, 1.82) is 0 Å². The number of pyridine rings is 1. The highest BCUT2D eigenvalue weighted by Gasteiger charge is 2.21. The number of hydrogen-bond acceptors (Lipinski definition) is 3. The summed E-state index contributed by atoms with van der Waals surface area (Å²) in [6.45, 7) is 0. The van der Waals surface area contributed by atoms with Crippen molar-refractivity contribution in [2.45, 2.75) is 19.6 Å². The van der Waals surface area contributed by atoms with E-state index in [1.807, 2.05) is 35.8 Å². The molecule has 1 aromatic heterocycles. The van der Waals surface area contributed by atoms with Crippen LogP contribution in [-0.2, 0) is 0 Å². The standard InChI is InChI=1S/C41H25NS2/c1-2-12-33-31(10-1)32-11-3-4-13-34(32)36-25-26(19-20-35(33)36)27-22-28(24-29(23-27)37-15-7-8-21-42-37)30-14-9-18-40-41(30)44-39-17-6-5-16-38(39)43-40/h1-25H. The summed E-state index contributed by atoms with van der Waals surface area (Å²) in [6.07, 6.45) is 1.88. The topological polar surface area (TPSA) is 12.9 Å². The molecule has 206 valence electrons. The molecule has 7 aromatic carbocycles. The molecule has 8 aromatic rings. The predicted molar refractivity (Wildman–Crippen MR) is 188 cm³/mol. The van der Waals surface area contributed by atoms with Crippen LogP contribution < -0.4 is 0 Å². The Labute approximate surface area is 264 Å². The van der Waals surface area contributed by atoms with Gasteiger partial charge in [0.2, 0.25) is 0 Å². The Morgan fingerprint density at radius 2 is 0.955 bits per heavy atom. The molecule has 0 saturated carbocycles. The monoisotopic (exact) mass is 595 g/mol. The van der Waals surface area contributed by atoms with Crippen molar-refractivity contribution in [3.05, 3.63) is 152 Å². The molecular weight excluding hydrogens is 571 g/mol. The Morgan fingerprint density at radius 3 is 1.68 bits per heavy atom. The van der Waals surface area contributed by atoms with E-state index in [0.717, 1.165) is 11.3 Å². The van der Waals surface area contributed by atoms with Crippen molar-refractivity contribution in [2.75, 3.05) is 0 Å². The lowest BCUT2D eigenvalue weighted by Gasteiger charge is -2.21. The van der Waals surface area contributed by atoms with Crippen molar-refractivity contribution in [3.8, 4) is 33.5 Å². The number of aromatic nitrogens is 1. The highest BCUT2D eigenvalue weighted by atomic mass is 32.2. The van der Waals surface area contributed by atoms with Crippen molar-refractivity contribution in [1.82, 2.24) is 4.98 Å². The third kappa shape index (κ3) is 4.23. The molecule has 0 N–H and O–H groups in total. The van der Waals surface area contributed by atoms with E-state index in [1.165, 1.54) is 74.2 Å². The maximum Gasteiger partial charge on any atom is 0.0702 e. The molecule has 0 unspecified atom stereocenters. The minimum Gasteiger partial charge on any atom is -0.256 e. The molecule has 3 heteroatoms. The Bertz CT molecular complexity index is 2360. The van der Waals surface area contributed by atoms with Crippen LogP contribution in [0.4, 0.5) is 0 Å². The summed E-state index contributed by atoms with van der Waals surface area (Å²) < 4.78 is 0. The third-order valence-corrected chi connectivity index (χ3v) is 11.2. The van der Waals surface area contributed by atoms with Gasteiger partial charge in [-0.25, -0.2) is 0 Å². The Morgan fingerprint density at radius 1 is 0.364 bits per heavy atom. The smallest absolute Gasteiger partial charge is 0.0702 e. The molecule has 0 bridgehead atoms. The molecule has 0 radical (unpaired) electrons. The van der Waals surface area contributed by atoms with Crippen LogP contribution in [0.5, 0.6) is 0 Å². The van der Waals surface area contributed by atoms with Crippen LogP contribution in [0.3, 0.4) is 0 Å². The van der Waals surface area contributed by atoms with Gasteiger partial charge in [-0.2, -0.15) is 0 Å². The lowest BCUT2D eigenvalue weighted by atomic mass is 9.90. The first-order valence-electron chi connectivity index (χ1n) is 14.8. The van der Waals surface area contributed by atoms with Crippen molar-refractivity contribution in [3.63, 3.8) is 0 Å². The predicted octanol–water partition coefficient (Wildman–Crippen LogP) is 12.2. The van der Waals surface area contributed by atoms with Gasteiger partial charge in [0.15, 0.2) is 0 Å². The van der Waals surface area contributed by atoms with Gasteiger partial charge in [-0.15, -0.1) is 0 Å². The highest BCUT2D eigenvalue weighted by Crippen LogP contribution is 2.52. The largest absolute Gasteiger partial charge is 0.256 e. The molecule has 1 aliphatic rings. The molecular formula is C41H25NS2. The minimum atomic E-state index is 0.977. The first-order valence-corrected chi connectivity index (χ1v) is 16.4.